The number of pyridine rings is 1. The smallest absolute Gasteiger partial charge is 0.312 e. The zero-order valence-electron chi connectivity index (χ0n) is 10.4. The summed E-state index contributed by atoms with van der Waals surface area (Å²) in [6.07, 6.45) is 1.06. The number of aromatic nitrogens is 1. The van der Waals surface area contributed by atoms with E-state index in [2.05, 4.69) is 5.32 Å². The van der Waals surface area contributed by atoms with Gasteiger partial charge in [0.1, 0.15) is 6.42 Å². The maximum absolute atomic E-state index is 11.6. The van der Waals surface area contributed by atoms with Crippen molar-refractivity contribution in [1.29, 1.82) is 0 Å². The minimum atomic E-state index is -1.19. The number of aliphatic carboxylic acids is 1. The summed E-state index contributed by atoms with van der Waals surface area (Å²) < 4.78 is 1.46. The molecule has 0 aliphatic carbocycles. The lowest BCUT2D eigenvalue weighted by Gasteiger charge is -2.07. The Labute approximate surface area is 114 Å². The summed E-state index contributed by atoms with van der Waals surface area (Å²) in [5.74, 6) is -1.78. The van der Waals surface area contributed by atoms with E-state index >= 15 is 0 Å². The first-order chi connectivity index (χ1) is 9.56. The van der Waals surface area contributed by atoms with Crippen LogP contribution in [0.25, 0.3) is 5.69 Å². The number of nitrogens with zero attached hydrogens (tertiary/aromatic N) is 1. The number of rotatable bonds is 4. The van der Waals surface area contributed by atoms with Gasteiger partial charge in [0, 0.05) is 23.6 Å². The Morgan fingerprint density at radius 1 is 1.10 bits per heavy atom. The van der Waals surface area contributed by atoms with E-state index in [9.17, 15) is 14.4 Å². The van der Waals surface area contributed by atoms with Crippen LogP contribution in [0.4, 0.5) is 5.69 Å². The molecule has 0 unspecified atom stereocenters. The van der Waals surface area contributed by atoms with E-state index < -0.39 is 18.3 Å². The number of benzene rings is 1. The lowest BCUT2D eigenvalue weighted by atomic mass is 10.2. The molecule has 1 aromatic heterocycles. The number of carbonyl (C=O) groups is 2. The summed E-state index contributed by atoms with van der Waals surface area (Å²) in [6, 6.07) is 11.4. The number of hydrogen-bond donors (Lipinski definition) is 2. The first-order valence-corrected chi connectivity index (χ1v) is 5.86. The van der Waals surface area contributed by atoms with Gasteiger partial charge in [-0.2, -0.15) is 0 Å². The molecule has 2 N–H and O–H groups in total. The second-order valence-corrected chi connectivity index (χ2v) is 4.07. The largest absolute Gasteiger partial charge is 0.481 e. The van der Waals surface area contributed by atoms with Crippen molar-refractivity contribution in [2.45, 2.75) is 6.42 Å². The molecule has 6 nitrogen and oxygen atoms in total. The van der Waals surface area contributed by atoms with E-state index in [1.54, 1.807) is 42.6 Å². The van der Waals surface area contributed by atoms with Crippen molar-refractivity contribution in [2.24, 2.45) is 0 Å². The van der Waals surface area contributed by atoms with Gasteiger partial charge in [0.15, 0.2) is 0 Å². The number of nitrogens with one attached hydrogen (secondary N) is 1. The van der Waals surface area contributed by atoms with E-state index in [0.717, 1.165) is 0 Å². The van der Waals surface area contributed by atoms with Crippen molar-refractivity contribution < 1.29 is 14.7 Å². The van der Waals surface area contributed by atoms with Gasteiger partial charge in [-0.25, -0.2) is 0 Å². The molecule has 0 fully saturated rings. The van der Waals surface area contributed by atoms with Crippen LogP contribution in [-0.4, -0.2) is 21.6 Å². The van der Waals surface area contributed by atoms with Gasteiger partial charge in [0.25, 0.3) is 5.56 Å². The van der Waals surface area contributed by atoms with Gasteiger partial charge >= 0.3 is 5.97 Å². The monoisotopic (exact) mass is 272 g/mol. The van der Waals surface area contributed by atoms with Crippen LogP contribution in [0.2, 0.25) is 0 Å². The molecule has 1 amide bonds. The number of carboxylic acid groups (broad SMARTS) is 1. The van der Waals surface area contributed by atoms with Crippen LogP contribution in [0.3, 0.4) is 0 Å². The number of carboxylic acids is 1. The second kappa shape index (κ2) is 5.83. The van der Waals surface area contributed by atoms with Gasteiger partial charge in [-0.05, 0) is 30.3 Å². The average Bonchev–Trinajstić information content (AvgIpc) is 2.39. The van der Waals surface area contributed by atoms with E-state index in [0.29, 0.717) is 11.4 Å². The van der Waals surface area contributed by atoms with Gasteiger partial charge in [-0.15, -0.1) is 0 Å². The molecule has 0 aliphatic rings. The van der Waals surface area contributed by atoms with Gasteiger partial charge in [-0.3, -0.25) is 19.0 Å². The van der Waals surface area contributed by atoms with Crippen LogP contribution in [0.5, 0.6) is 0 Å². The molecule has 2 aromatic rings. The lowest BCUT2D eigenvalue weighted by Crippen LogP contribution is -2.17. The Hall–Kier alpha value is -2.89. The Bertz CT molecular complexity index is 689. The molecular formula is C14H12N2O4. The molecule has 0 bridgehead atoms. The maximum Gasteiger partial charge on any atom is 0.312 e. The third kappa shape index (κ3) is 3.32. The SMILES string of the molecule is O=C(O)CC(=O)Nc1ccc(-n2ccccc2=O)cc1. The normalized spacial score (nSPS) is 10.0. The standard InChI is InChI=1S/C14H12N2O4/c17-12(9-14(19)20)15-10-4-6-11(7-5-10)16-8-2-1-3-13(16)18/h1-8H,9H2,(H,15,17)(H,19,20). The predicted molar refractivity (Wildman–Crippen MR) is 72.9 cm³/mol. The Morgan fingerprint density at radius 2 is 1.80 bits per heavy atom. The number of carbonyl (C=O) groups excluding carboxylic acids is 1. The van der Waals surface area contributed by atoms with E-state index in [-0.39, 0.29) is 5.56 Å². The molecular weight excluding hydrogens is 260 g/mol. The molecule has 0 atom stereocenters. The zero-order chi connectivity index (χ0) is 14.5. The highest BCUT2D eigenvalue weighted by molar-refractivity contribution is 6.01. The minimum Gasteiger partial charge on any atom is -0.481 e. The lowest BCUT2D eigenvalue weighted by molar-refractivity contribution is -0.139. The molecule has 0 saturated carbocycles. The molecule has 6 heteroatoms. The summed E-state index contributed by atoms with van der Waals surface area (Å²) in [6.45, 7) is 0. The van der Waals surface area contributed by atoms with Crippen molar-refractivity contribution in [1.82, 2.24) is 4.57 Å². The quantitative estimate of drug-likeness (QED) is 0.820. The van der Waals surface area contributed by atoms with E-state index in [4.69, 9.17) is 5.11 Å². The van der Waals surface area contributed by atoms with Gasteiger partial charge in [0.05, 0.1) is 0 Å². The first kappa shape index (κ1) is 13.5. The zero-order valence-corrected chi connectivity index (χ0v) is 10.4. The summed E-state index contributed by atoms with van der Waals surface area (Å²) >= 11 is 0. The number of anilines is 1. The third-order valence-electron chi connectivity index (χ3n) is 2.56. The van der Waals surface area contributed by atoms with Crippen LogP contribution < -0.4 is 10.9 Å². The average molecular weight is 272 g/mol. The van der Waals surface area contributed by atoms with E-state index in [1.807, 2.05) is 0 Å². The van der Waals surface area contributed by atoms with Gasteiger partial charge in [0.2, 0.25) is 5.91 Å². The molecule has 102 valence electrons. The molecule has 0 aliphatic heterocycles. The minimum absolute atomic E-state index is 0.157. The third-order valence-corrected chi connectivity index (χ3v) is 2.56. The molecule has 1 heterocycles. The highest BCUT2D eigenvalue weighted by atomic mass is 16.4. The molecule has 20 heavy (non-hydrogen) atoms. The van der Waals surface area contributed by atoms with Crippen molar-refractivity contribution in [3.63, 3.8) is 0 Å². The van der Waals surface area contributed by atoms with Crippen LogP contribution in [-0.2, 0) is 9.59 Å². The van der Waals surface area contributed by atoms with Crippen LogP contribution in [0.1, 0.15) is 6.42 Å². The molecule has 0 spiro atoms. The molecule has 0 saturated heterocycles. The topological polar surface area (TPSA) is 88.4 Å². The van der Waals surface area contributed by atoms with Crippen LogP contribution >= 0.6 is 0 Å². The Morgan fingerprint density at radius 3 is 2.40 bits per heavy atom. The van der Waals surface area contributed by atoms with Crippen molar-refractivity contribution in [3.8, 4) is 5.69 Å². The van der Waals surface area contributed by atoms with Gasteiger partial charge in [-0.1, -0.05) is 6.07 Å². The summed E-state index contributed by atoms with van der Waals surface area (Å²) in [7, 11) is 0. The van der Waals surface area contributed by atoms with E-state index in [1.165, 1.54) is 10.6 Å². The molecule has 1 aromatic carbocycles. The highest BCUT2D eigenvalue weighted by Crippen LogP contribution is 2.12. The van der Waals surface area contributed by atoms with Gasteiger partial charge < -0.3 is 10.4 Å². The molecule has 2 rings (SSSR count). The summed E-state index contributed by atoms with van der Waals surface area (Å²) in [5.41, 5.74) is 0.978. The van der Waals surface area contributed by atoms with Crippen LogP contribution in [0.15, 0.2) is 53.5 Å². The summed E-state index contributed by atoms with van der Waals surface area (Å²) in [5, 5.41) is 10.9. The van der Waals surface area contributed by atoms with Crippen molar-refractivity contribution in [3.05, 3.63) is 59.0 Å². The maximum atomic E-state index is 11.6. The number of amides is 1. The van der Waals surface area contributed by atoms with Crippen LogP contribution in [0, 0.1) is 0 Å². The van der Waals surface area contributed by atoms with Crippen molar-refractivity contribution in [2.75, 3.05) is 5.32 Å². The fraction of sp³-hybridized carbons (Fsp3) is 0.0714. The highest BCUT2D eigenvalue weighted by Gasteiger charge is 2.07. The molecule has 0 radical (unpaired) electrons. The number of hydrogen-bond acceptors (Lipinski definition) is 3. The first-order valence-electron chi connectivity index (χ1n) is 5.86. The van der Waals surface area contributed by atoms with Crippen molar-refractivity contribution >= 4 is 17.6 Å². The second-order valence-electron chi connectivity index (χ2n) is 4.07. The fourth-order valence-electron chi connectivity index (χ4n) is 1.69. The fourth-order valence-corrected chi connectivity index (χ4v) is 1.69. The summed E-state index contributed by atoms with van der Waals surface area (Å²) in [4.78, 5) is 33.3. The Kier molecular flexibility index (Phi) is 3.95. The Balaban J connectivity index is 2.15. The predicted octanol–water partition coefficient (Wildman–Crippen LogP) is 1.25.